The summed E-state index contributed by atoms with van der Waals surface area (Å²) < 4.78 is 5.41. The molecule has 0 saturated heterocycles. The van der Waals surface area contributed by atoms with Crippen molar-refractivity contribution in [1.82, 2.24) is 9.97 Å². The molecule has 3 rings (SSSR count). The summed E-state index contributed by atoms with van der Waals surface area (Å²) in [5.74, 6) is 2.91. The van der Waals surface area contributed by atoms with Gasteiger partial charge in [0, 0.05) is 17.7 Å². The van der Waals surface area contributed by atoms with Gasteiger partial charge in [-0.3, -0.25) is 0 Å². The Morgan fingerprint density at radius 2 is 2.00 bits per heavy atom. The van der Waals surface area contributed by atoms with Crippen LogP contribution in [0.5, 0.6) is 5.75 Å². The van der Waals surface area contributed by atoms with Crippen LogP contribution in [0.3, 0.4) is 0 Å². The van der Waals surface area contributed by atoms with E-state index in [1.165, 1.54) is 0 Å². The first kappa shape index (κ1) is 13.2. The van der Waals surface area contributed by atoms with Crippen molar-refractivity contribution in [3.63, 3.8) is 0 Å². The predicted octanol–water partition coefficient (Wildman–Crippen LogP) is 4.15. The standard InChI is InChI=1S/C15H16ClN3O/c1-2-20-12-7-5-11(6-8-12)17-14-9-13(16)18-15(19-14)10-3-4-10/h5-10H,2-4H2,1H3,(H,17,18,19). The van der Waals surface area contributed by atoms with Crippen LogP contribution < -0.4 is 10.1 Å². The number of benzene rings is 1. The van der Waals surface area contributed by atoms with Gasteiger partial charge in [0.05, 0.1) is 6.61 Å². The van der Waals surface area contributed by atoms with Crippen molar-refractivity contribution in [2.24, 2.45) is 0 Å². The molecule has 0 amide bonds. The van der Waals surface area contributed by atoms with Gasteiger partial charge in [-0.1, -0.05) is 11.6 Å². The molecule has 1 saturated carbocycles. The van der Waals surface area contributed by atoms with Crippen LogP contribution in [0.25, 0.3) is 0 Å². The van der Waals surface area contributed by atoms with Crippen molar-refractivity contribution in [2.75, 3.05) is 11.9 Å². The Bertz CT molecular complexity index is 597. The average Bonchev–Trinajstić information content (AvgIpc) is 3.25. The lowest BCUT2D eigenvalue weighted by Crippen LogP contribution is -1.99. The molecule has 20 heavy (non-hydrogen) atoms. The maximum Gasteiger partial charge on any atom is 0.135 e. The molecule has 2 aromatic rings. The molecule has 0 unspecified atom stereocenters. The van der Waals surface area contributed by atoms with Crippen molar-refractivity contribution >= 4 is 23.1 Å². The second-order valence-electron chi connectivity index (χ2n) is 4.79. The number of anilines is 2. The lowest BCUT2D eigenvalue weighted by Gasteiger charge is -2.09. The van der Waals surface area contributed by atoms with Gasteiger partial charge in [0.1, 0.15) is 22.5 Å². The lowest BCUT2D eigenvalue weighted by molar-refractivity contribution is 0.340. The molecule has 0 spiro atoms. The molecule has 0 bridgehead atoms. The molecule has 1 aromatic carbocycles. The highest BCUT2D eigenvalue weighted by Crippen LogP contribution is 2.39. The largest absolute Gasteiger partial charge is 0.494 e. The molecule has 104 valence electrons. The fourth-order valence-corrected chi connectivity index (χ4v) is 2.16. The van der Waals surface area contributed by atoms with Gasteiger partial charge in [0.25, 0.3) is 0 Å². The summed E-state index contributed by atoms with van der Waals surface area (Å²) in [5.41, 5.74) is 0.949. The number of nitrogens with one attached hydrogen (secondary N) is 1. The second kappa shape index (κ2) is 5.67. The zero-order valence-corrected chi connectivity index (χ0v) is 12.0. The third-order valence-corrected chi connectivity index (χ3v) is 3.29. The first-order valence-corrected chi connectivity index (χ1v) is 7.17. The van der Waals surface area contributed by atoms with Gasteiger partial charge in [-0.25, -0.2) is 9.97 Å². The van der Waals surface area contributed by atoms with Crippen LogP contribution in [-0.4, -0.2) is 16.6 Å². The van der Waals surface area contributed by atoms with Crippen LogP contribution in [0.15, 0.2) is 30.3 Å². The molecule has 1 aromatic heterocycles. The zero-order valence-electron chi connectivity index (χ0n) is 11.3. The molecule has 4 nitrogen and oxygen atoms in total. The van der Waals surface area contributed by atoms with Crippen LogP contribution in [0.1, 0.15) is 31.5 Å². The lowest BCUT2D eigenvalue weighted by atomic mass is 10.3. The molecule has 1 aliphatic rings. The highest BCUT2D eigenvalue weighted by Gasteiger charge is 2.27. The van der Waals surface area contributed by atoms with E-state index in [9.17, 15) is 0 Å². The topological polar surface area (TPSA) is 47.0 Å². The highest BCUT2D eigenvalue weighted by molar-refractivity contribution is 6.29. The number of hydrogen-bond acceptors (Lipinski definition) is 4. The normalized spacial score (nSPS) is 14.1. The minimum absolute atomic E-state index is 0.481. The Kier molecular flexibility index (Phi) is 3.74. The highest BCUT2D eigenvalue weighted by atomic mass is 35.5. The molecule has 1 heterocycles. The van der Waals surface area contributed by atoms with E-state index >= 15 is 0 Å². The van der Waals surface area contributed by atoms with Gasteiger partial charge < -0.3 is 10.1 Å². The fourth-order valence-electron chi connectivity index (χ4n) is 1.97. The number of ether oxygens (including phenoxy) is 1. The molecule has 1 N–H and O–H groups in total. The summed E-state index contributed by atoms with van der Waals surface area (Å²) in [6.07, 6.45) is 2.31. The quantitative estimate of drug-likeness (QED) is 0.840. The Hall–Kier alpha value is -1.81. The maximum absolute atomic E-state index is 6.04. The Labute approximate surface area is 123 Å². The number of nitrogens with zero attached hydrogens (tertiary/aromatic N) is 2. The first-order chi connectivity index (χ1) is 9.74. The van der Waals surface area contributed by atoms with Crippen molar-refractivity contribution in [3.8, 4) is 5.75 Å². The third-order valence-electron chi connectivity index (χ3n) is 3.09. The van der Waals surface area contributed by atoms with E-state index in [1.54, 1.807) is 6.07 Å². The number of halogens is 1. The van der Waals surface area contributed by atoms with Crippen LogP contribution in [0.4, 0.5) is 11.5 Å². The third kappa shape index (κ3) is 3.20. The summed E-state index contributed by atoms with van der Waals surface area (Å²) in [4.78, 5) is 8.78. The van der Waals surface area contributed by atoms with E-state index < -0.39 is 0 Å². The van der Waals surface area contributed by atoms with Gasteiger partial charge in [0.15, 0.2) is 0 Å². The Morgan fingerprint density at radius 3 is 2.65 bits per heavy atom. The number of rotatable bonds is 5. The Balaban J connectivity index is 1.76. The van der Waals surface area contributed by atoms with Crippen LogP contribution >= 0.6 is 11.6 Å². The molecular formula is C15H16ClN3O. The van der Waals surface area contributed by atoms with Crippen LogP contribution in [-0.2, 0) is 0 Å². The summed E-state index contributed by atoms with van der Waals surface area (Å²) in [6.45, 7) is 2.63. The Morgan fingerprint density at radius 1 is 1.25 bits per heavy atom. The van der Waals surface area contributed by atoms with E-state index in [0.717, 1.165) is 35.9 Å². The number of aromatic nitrogens is 2. The van der Waals surface area contributed by atoms with E-state index in [0.29, 0.717) is 17.7 Å². The minimum atomic E-state index is 0.481. The van der Waals surface area contributed by atoms with E-state index in [1.807, 2.05) is 31.2 Å². The molecule has 0 atom stereocenters. The molecular weight excluding hydrogens is 274 g/mol. The minimum Gasteiger partial charge on any atom is -0.494 e. The van der Waals surface area contributed by atoms with E-state index in [-0.39, 0.29) is 0 Å². The van der Waals surface area contributed by atoms with E-state index in [4.69, 9.17) is 16.3 Å². The van der Waals surface area contributed by atoms with Crippen molar-refractivity contribution < 1.29 is 4.74 Å². The monoisotopic (exact) mass is 289 g/mol. The molecule has 0 aliphatic heterocycles. The molecule has 0 radical (unpaired) electrons. The van der Waals surface area contributed by atoms with Crippen LogP contribution in [0, 0.1) is 0 Å². The maximum atomic E-state index is 6.04. The number of hydrogen-bond donors (Lipinski definition) is 1. The van der Waals surface area contributed by atoms with E-state index in [2.05, 4.69) is 15.3 Å². The molecule has 5 heteroatoms. The van der Waals surface area contributed by atoms with Gasteiger partial charge in [0.2, 0.25) is 0 Å². The van der Waals surface area contributed by atoms with Crippen molar-refractivity contribution in [3.05, 3.63) is 41.3 Å². The summed E-state index contributed by atoms with van der Waals surface area (Å²) in [6, 6.07) is 9.51. The van der Waals surface area contributed by atoms with Crippen LogP contribution in [0.2, 0.25) is 5.15 Å². The van der Waals surface area contributed by atoms with Crippen molar-refractivity contribution in [1.29, 1.82) is 0 Å². The zero-order chi connectivity index (χ0) is 13.9. The SMILES string of the molecule is CCOc1ccc(Nc2cc(Cl)nc(C3CC3)n2)cc1. The second-order valence-corrected chi connectivity index (χ2v) is 5.18. The first-order valence-electron chi connectivity index (χ1n) is 6.79. The summed E-state index contributed by atoms with van der Waals surface area (Å²) in [7, 11) is 0. The van der Waals surface area contributed by atoms with Gasteiger partial charge in [-0.2, -0.15) is 0 Å². The van der Waals surface area contributed by atoms with Crippen molar-refractivity contribution in [2.45, 2.75) is 25.7 Å². The average molecular weight is 290 g/mol. The summed E-state index contributed by atoms with van der Waals surface area (Å²) in [5, 5.41) is 3.73. The summed E-state index contributed by atoms with van der Waals surface area (Å²) >= 11 is 6.04. The molecule has 1 fully saturated rings. The predicted molar refractivity (Wildman–Crippen MR) is 79.9 cm³/mol. The van der Waals surface area contributed by atoms with Gasteiger partial charge in [-0.05, 0) is 44.0 Å². The van der Waals surface area contributed by atoms with Gasteiger partial charge >= 0.3 is 0 Å². The molecule has 1 aliphatic carbocycles. The smallest absolute Gasteiger partial charge is 0.135 e. The van der Waals surface area contributed by atoms with Gasteiger partial charge in [-0.15, -0.1) is 0 Å². The fraction of sp³-hybridized carbons (Fsp3) is 0.333.